The van der Waals surface area contributed by atoms with Gasteiger partial charge in [0.2, 0.25) is 5.91 Å². The largest absolute Gasteiger partial charge is 0.348 e. The van der Waals surface area contributed by atoms with Crippen molar-refractivity contribution in [3.05, 3.63) is 17.7 Å². The van der Waals surface area contributed by atoms with Crippen molar-refractivity contribution < 1.29 is 4.79 Å². The fourth-order valence-electron chi connectivity index (χ4n) is 3.71. The molecule has 4 rings (SSSR count). The predicted octanol–water partition coefficient (Wildman–Crippen LogP) is 1.17. The normalized spacial score (nSPS) is 30.4. The molecular formula is C15H22N4O. The number of amides is 1. The van der Waals surface area contributed by atoms with Gasteiger partial charge in [-0.25, -0.2) is 4.98 Å². The minimum atomic E-state index is -0.0818. The molecule has 20 heavy (non-hydrogen) atoms. The third-order valence-corrected chi connectivity index (χ3v) is 5.11. The molecule has 1 amide bonds. The van der Waals surface area contributed by atoms with E-state index in [4.69, 9.17) is 0 Å². The van der Waals surface area contributed by atoms with Gasteiger partial charge in [-0.2, -0.15) is 0 Å². The molecule has 1 aliphatic carbocycles. The van der Waals surface area contributed by atoms with Gasteiger partial charge >= 0.3 is 0 Å². The van der Waals surface area contributed by atoms with Crippen LogP contribution in [0.1, 0.15) is 43.5 Å². The van der Waals surface area contributed by atoms with E-state index < -0.39 is 0 Å². The highest BCUT2D eigenvalue weighted by Crippen LogP contribution is 2.37. The number of imidazole rings is 1. The Labute approximate surface area is 119 Å². The van der Waals surface area contributed by atoms with Gasteiger partial charge in [-0.1, -0.05) is 0 Å². The fraction of sp³-hybridized carbons (Fsp3) is 0.733. The highest BCUT2D eigenvalue weighted by Gasteiger charge is 2.42. The maximum atomic E-state index is 12.3. The molecule has 0 radical (unpaired) electrons. The van der Waals surface area contributed by atoms with Gasteiger partial charge in [-0.15, -0.1) is 0 Å². The van der Waals surface area contributed by atoms with E-state index in [0.717, 1.165) is 50.5 Å². The number of rotatable bonds is 2. The van der Waals surface area contributed by atoms with Crippen molar-refractivity contribution in [1.82, 2.24) is 20.2 Å². The molecule has 1 spiro atoms. The van der Waals surface area contributed by atoms with Gasteiger partial charge in [0, 0.05) is 38.2 Å². The Morgan fingerprint density at radius 2 is 2.25 bits per heavy atom. The lowest BCUT2D eigenvalue weighted by Crippen LogP contribution is -2.48. The van der Waals surface area contributed by atoms with Gasteiger partial charge in [-0.3, -0.25) is 4.79 Å². The number of aromatic nitrogens is 2. The molecule has 1 aromatic heterocycles. The van der Waals surface area contributed by atoms with E-state index in [0.29, 0.717) is 12.3 Å². The van der Waals surface area contributed by atoms with Crippen LogP contribution in [0.25, 0.3) is 0 Å². The summed E-state index contributed by atoms with van der Waals surface area (Å²) in [6.07, 6.45) is 7.93. The molecule has 108 valence electrons. The van der Waals surface area contributed by atoms with Crippen LogP contribution in [0, 0.1) is 5.92 Å². The number of fused-ring (bicyclic) bond motifs is 2. The molecular weight excluding hydrogens is 252 g/mol. The van der Waals surface area contributed by atoms with Gasteiger partial charge in [0.25, 0.3) is 0 Å². The number of nitrogens with zero attached hydrogens (tertiary/aromatic N) is 2. The minimum absolute atomic E-state index is 0.0818. The van der Waals surface area contributed by atoms with E-state index in [1.54, 1.807) is 6.33 Å². The van der Waals surface area contributed by atoms with Crippen LogP contribution in [-0.2, 0) is 16.8 Å². The van der Waals surface area contributed by atoms with Crippen LogP contribution < -0.4 is 5.32 Å². The van der Waals surface area contributed by atoms with Crippen LogP contribution in [0.15, 0.2) is 6.33 Å². The zero-order valence-corrected chi connectivity index (χ0v) is 11.8. The highest BCUT2D eigenvalue weighted by atomic mass is 16.2. The first-order valence-electron chi connectivity index (χ1n) is 7.82. The second kappa shape index (κ2) is 4.58. The van der Waals surface area contributed by atoms with Crippen molar-refractivity contribution >= 4 is 5.91 Å². The summed E-state index contributed by atoms with van der Waals surface area (Å²) in [5.41, 5.74) is 2.33. The van der Waals surface area contributed by atoms with Crippen molar-refractivity contribution in [2.24, 2.45) is 5.92 Å². The van der Waals surface area contributed by atoms with Crippen LogP contribution in [0.5, 0.6) is 0 Å². The molecule has 1 unspecified atom stereocenters. The quantitative estimate of drug-likeness (QED) is 0.851. The molecule has 1 saturated heterocycles. The smallest absolute Gasteiger partial charge is 0.222 e. The SMILES string of the molecule is O=C1CCC2(CCN1CC1CC1)NCCc1[nH]cnc12. The first-order chi connectivity index (χ1) is 9.77. The maximum Gasteiger partial charge on any atom is 0.222 e. The summed E-state index contributed by atoms with van der Waals surface area (Å²) in [6.45, 7) is 2.82. The maximum absolute atomic E-state index is 12.3. The molecule has 1 atom stereocenters. The number of hydrogen-bond donors (Lipinski definition) is 2. The van der Waals surface area contributed by atoms with Crippen LogP contribution in [0.3, 0.4) is 0 Å². The third kappa shape index (κ3) is 2.04. The number of nitrogens with one attached hydrogen (secondary N) is 2. The van der Waals surface area contributed by atoms with E-state index in [-0.39, 0.29) is 5.54 Å². The monoisotopic (exact) mass is 274 g/mol. The van der Waals surface area contributed by atoms with Gasteiger partial charge in [0.05, 0.1) is 17.6 Å². The van der Waals surface area contributed by atoms with Crippen molar-refractivity contribution in [3.8, 4) is 0 Å². The molecule has 2 aliphatic heterocycles. The summed E-state index contributed by atoms with van der Waals surface area (Å²) in [5, 5.41) is 3.67. The molecule has 1 saturated carbocycles. The Morgan fingerprint density at radius 3 is 3.10 bits per heavy atom. The van der Waals surface area contributed by atoms with Crippen molar-refractivity contribution in [3.63, 3.8) is 0 Å². The second-order valence-electron chi connectivity index (χ2n) is 6.52. The molecule has 3 heterocycles. The van der Waals surface area contributed by atoms with Crippen LogP contribution in [0.4, 0.5) is 0 Å². The van der Waals surface area contributed by atoms with Gasteiger partial charge in [-0.05, 0) is 31.6 Å². The molecule has 2 N–H and O–H groups in total. The van der Waals surface area contributed by atoms with E-state index in [1.807, 2.05) is 0 Å². The zero-order valence-electron chi connectivity index (χ0n) is 11.8. The van der Waals surface area contributed by atoms with Gasteiger partial charge < -0.3 is 15.2 Å². The van der Waals surface area contributed by atoms with Gasteiger partial charge in [0.1, 0.15) is 0 Å². The summed E-state index contributed by atoms with van der Waals surface area (Å²) in [6, 6.07) is 0. The first-order valence-corrected chi connectivity index (χ1v) is 7.82. The van der Waals surface area contributed by atoms with E-state index in [9.17, 15) is 4.79 Å². The molecule has 0 aromatic carbocycles. The predicted molar refractivity (Wildman–Crippen MR) is 75.1 cm³/mol. The number of hydrogen-bond acceptors (Lipinski definition) is 3. The van der Waals surface area contributed by atoms with Crippen molar-refractivity contribution in [2.45, 2.75) is 44.1 Å². The van der Waals surface area contributed by atoms with Crippen molar-refractivity contribution in [1.29, 1.82) is 0 Å². The molecule has 2 fully saturated rings. The summed E-state index contributed by atoms with van der Waals surface area (Å²) >= 11 is 0. The average Bonchev–Trinajstić information content (AvgIpc) is 3.17. The second-order valence-corrected chi connectivity index (χ2v) is 6.52. The summed E-state index contributed by atoms with van der Waals surface area (Å²) in [7, 11) is 0. The molecule has 5 heteroatoms. The Bertz CT molecular complexity index is 522. The van der Waals surface area contributed by atoms with Crippen LogP contribution in [0.2, 0.25) is 0 Å². The number of H-pyrrole nitrogens is 1. The topological polar surface area (TPSA) is 61.0 Å². The lowest BCUT2D eigenvalue weighted by molar-refractivity contribution is -0.130. The minimum Gasteiger partial charge on any atom is -0.348 e. The average molecular weight is 274 g/mol. The number of aromatic amines is 1. The molecule has 0 bridgehead atoms. The van der Waals surface area contributed by atoms with Crippen LogP contribution in [-0.4, -0.2) is 40.4 Å². The standard InChI is InChI=1S/C15H22N4O/c20-13-3-5-15(6-8-19(13)9-11-1-2-11)14-12(4-7-18-15)16-10-17-14/h10-11,18H,1-9H2,(H,16,17). The number of carbonyl (C=O) groups excluding carboxylic acids is 1. The van der Waals surface area contributed by atoms with Crippen LogP contribution >= 0.6 is 0 Å². The Morgan fingerprint density at radius 1 is 1.35 bits per heavy atom. The number of likely N-dealkylation sites (tertiary alicyclic amines) is 1. The van der Waals surface area contributed by atoms with E-state index >= 15 is 0 Å². The molecule has 3 aliphatic rings. The zero-order chi connectivity index (χ0) is 13.6. The Kier molecular flexibility index (Phi) is 2.84. The summed E-state index contributed by atoms with van der Waals surface area (Å²) < 4.78 is 0. The highest BCUT2D eigenvalue weighted by molar-refractivity contribution is 5.76. The molecule has 1 aromatic rings. The van der Waals surface area contributed by atoms with Gasteiger partial charge in [0.15, 0.2) is 0 Å². The van der Waals surface area contributed by atoms with E-state index in [1.165, 1.54) is 18.5 Å². The van der Waals surface area contributed by atoms with Crippen molar-refractivity contribution in [2.75, 3.05) is 19.6 Å². The first kappa shape index (κ1) is 12.4. The third-order valence-electron chi connectivity index (χ3n) is 5.11. The lowest BCUT2D eigenvalue weighted by Gasteiger charge is -2.36. The number of carbonyl (C=O) groups is 1. The molecule has 5 nitrogen and oxygen atoms in total. The Hall–Kier alpha value is -1.36. The lowest BCUT2D eigenvalue weighted by atomic mass is 9.83. The summed E-state index contributed by atoms with van der Waals surface area (Å²) in [4.78, 5) is 22.2. The Balaban J connectivity index is 1.57. The summed E-state index contributed by atoms with van der Waals surface area (Å²) in [5.74, 6) is 1.10. The van der Waals surface area contributed by atoms with E-state index in [2.05, 4.69) is 20.2 Å². The fourth-order valence-corrected chi connectivity index (χ4v) is 3.71.